The number of hydrogen-bond donors (Lipinski definition) is 2. The standard InChI is InChI=1S/C37H50N7O4P/c1-9-26-23-30(40-35-38-25-27(10-2)34(41-35)39-29-13-11-12-14-33(29)49(7,8)46)32(47-6)24-31(26)43-17-15-28(16-18-43)42-19-21-44(22-20-42)36(45)48-37(3,4)5/h2,11-14,23-25,28H,9,15-22H2,1,3-8H3,(H2,38,39,40,41). The van der Waals surface area contributed by atoms with Crippen LogP contribution >= 0.6 is 7.14 Å². The van der Waals surface area contributed by atoms with Crippen LogP contribution < -0.4 is 25.6 Å². The maximum absolute atomic E-state index is 13.0. The Balaban J connectivity index is 1.27. The summed E-state index contributed by atoms with van der Waals surface area (Å²) in [7, 11) is -0.889. The number of carbonyl (C=O) groups is 1. The molecule has 2 saturated heterocycles. The van der Waals surface area contributed by atoms with E-state index < -0.39 is 12.7 Å². The van der Waals surface area contributed by atoms with Gasteiger partial charge in [-0.05, 0) is 77.1 Å². The molecule has 262 valence electrons. The fourth-order valence-electron chi connectivity index (χ4n) is 6.47. The van der Waals surface area contributed by atoms with Gasteiger partial charge in [-0.1, -0.05) is 25.0 Å². The molecule has 2 aliphatic heterocycles. The normalized spacial score (nSPS) is 16.2. The summed E-state index contributed by atoms with van der Waals surface area (Å²) < 4.78 is 24.4. The van der Waals surface area contributed by atoms with E-state index in [1.165, 1.54) is 11.3 Å². The molecule has 0 saturated carbocycles. The van der Waals surface area contributed by atoms with E-state index >= 15 is 0 Å². The van der Waals surface area contributed by atoms with Crippen LogP contribution in [0.2, 0.25) is 0 Å². The lowest BCUT2D eigenvalue weighted by atomic mass is 9.99. The van der Waals surface area contributed by atoms with Gasteiger partial charge in [0.05, 0.1) is 30.2 Å². The van der Waals surface area contributed by atoms with E-state index in [9.17, 15) is 9.36 Å². The zero-order chi connectivity index (χ0) is 35.3. The number of nitrogens with zero attached hydrogens (tertiary/aromatic N) is 5. The van der Waals surface area contributed by atoms with Gasteiger partial charge in [-0.25, -0.2) is 9.78 Å². The van der Waals surface area contributed by atoms with E-state index in [0.29, 0.717) is 47.9 Å². The van der Waals surface area contributed by atoms with Crippen LogP contribution in [0.5, 0.6) is 5.75 Å². The number of hydrogen-bond acceptors (Lipinski definition) is 10. The number of rotatable bonds is 9. The Labute approximate surface area is 291 Å². The molecule has 2 aliphatic rings. The number of terminal acetylenes is 1. The summed E-state index contributed by atoms with van der Waals surface area (Å²) in [4.78, 5) is 28.5. The number of carbonyl (C=O) groups excluding carboxylic acids is 1. The predicted octanol–water partition coefficient (Wildman–Crippen LogP) is 6.29. The van der Waals surface area contributed by atoms with Gasteiger partial charge in [-0.2, -0.15) is 4.98 Å². The SMILES string of the molecule is C#Cc1cnc(Nc2cc(CC)c(N3CCC(N4CCN(C(=O)OC(C)(C)C)CC4)CC3)cc2OC)nc1Nc1ccccc1P(C)(C)=O. The van der Waals surface area contributed by atoms with Crippen LogP contribution in [0.4, 0.5) is 33.6 Å². The van der Waals surface area contributed by atoms with Crippen LogP contribution in [-0.4, -0.2) is 97.2 Å². The molecule has 11 nitrogen and oxygen atoms in total. The second kappa shape index (κ2) is 15.1. The van der Waals surface area contributed by atoms with Gasteiger partial charge >= 0.3 is 6.09 Å². The molecule has 0 bridgehead atoms. The summed E-state index contributed by atoms with van der Waals surface area (Å²) >= 11 is 0. The minimum absolute atomic E-state index is 0.221. The molecule has 3 heterocycles. The summed E-state index contributed by atoms with van der Waals surface area (Å²) in [5.41, 5.74) is 3.83. The Hall–Kier alpha value is -4.26. The van der Waals surface area contributed by atoms with Gasteiger partial charge in [0.25, 0.3) is 0 Å². The van der Waals surface area contributed by atoms with Crippen molar-refractivity contribution >= 4 is 47.4 Å². The highest BCUT2D eigenvalue weighted by Gasteiger charge is 2.31. The monoisotopic (exact) mass is 687 g/mol. The maximum Gasteiger partial charge on any atom is 0.410 e. The Bertz CT molecular complexity index is 1730. The molecule has 2 aromatic carbocycles. The number of ether oxygens (including phenoxy) is 2. The number of para-hydroxylation sites is 1. The van der Waals surface area contributed by atoms with E-state index in [-0.39, 0.29) is 6.09 Å². The molecule has 0 unspecified atom stereocenters. The first-order valence-electron chi connectivity index (χ1n) is 17.0. The molecule has 0 radical (unpaired) electrons. The molecule has 1 aromatic heterocycles. The summed E-state index contributed by atoms with van der Waals surface area (Å²) in [6, 6.07) is 12.2. The first-order valence-corrected chi connectivity index (χ1v) is 19.6. The lowest BCUT2D eigenvalue weighted by Crippen LogP contribution is -2.55. The van der Waals surface area contributed by atoms with E-state index in [1.807, 2.05) is 49.9 Å². The second-order valence-corrected chi connectivity index (χ2v) is 17.2. The number of aryl methyl sites for hydroxylation is 1. The number of piperazine rings is 1. The van der Waals surface area contributed by atoms with E-state index in [0.717, 1.165) is 56.4 Å². The molecule has 2 fully saturated rings. The zero-order valence-electron chi connectivity index (χ0n) is 29.9. The molecule has 0 spiro atoms. The van der Waals surface area contributed by atoms with Crippen molar-refractivity contribution in [2.45, 2.75) is 58.6 Å². The molecule has 1 amide bonds. The van der Waals surface area contributed by atoms with Gasteiger partial charge in [-0.3, -0.25) is 4.90 Å². The lowest BCUT2D eigenvalue weighted by molar-refractivity contribution is 0.00901. The second-order valence-electron chi connectivity index (χ2n) is 14.0. The molecular formula is C37H50N7O4P. The summed E-state index contributed by atoms with van der Waals surface area (Å²) in [6.45, 7) is 16.3. The van der Waals surface area contributed by atoms with Gasteiger partial charge in [0.2, 0.25) is 5.95 Å². The van der Waals surface area contributed by atoms with Crippen molar-refractivity contribution in [3.63, 3.8) is 0 Å². The largest absolute Gasteiger partial charge is 0.494 e. The van der Waals surface area contributed by atoms with Crippen LogP contribution in [0.3, 0.4) is 0 Å². The first kappa shape index (κ1) is 36.0. The Kier molecular flexibility index (Phi) is 11.1. The Morgan fingerprint density at radius 2 is 1.73 bits per heavy atom. The van der Waals surface area contributed by atoms with Crippen molar-refractivity contribution in [3.8, 4) is 18.1 Å². The molecule has 0 atom stereocenters. The molecule has 0 aliphatic carbocycles. The van der Waals surface area contributed by atoms with Gasteiger partial charge in [-0.15, -0.1) is 6.42 Å². The number of anilines is 5. The van der Waals surface area contributed by atoms with Crippen LogP contribution in [-0.2, 0) is 15.7 Å². The highest BCUT2D eigenvalue weighted by Crippen LogP contribution is 2.39. The highest BCUT2D eigenvalue weighted by molar-refractivity contribution is 7.70. The number of methoxy groups -OCH3 is 1. The van der Waals surface area contributed by atoms with E-state index in [4.69, 9.17) is 20.9 Å². The summed E-state index contributed by atoms with van der Waals surface area (Å²) in [5.74, 6) is 4.14. The van der Waals surface area contributed by atoms with Gasteiger partial charge in [0.1, 0.15) is 18.5 Å². The number of aromatic nitrogens is 2. The number of piperidine rings is 1. The van der Waals surface area contributed by atoms with Crippen molar-refractivity contribution in [1.29, 1.82) is 0 Å². The van der Waals surface area contributed by atoms with Crippen molar-refractivity contribution in [1.82, 2.24) is 19.8 Å². The molecule has 12 heteroatoms. The van der Waals surface area contributed by atoms with Crippen molar-refractivity contribution in [2.75, 3.05) is 75.2 Å². The van der Waals surface area contributed by atoms with Gasteiger partial charge < -0.3 is 34.5 Å². The van der Waals surface area contributed by atoms with Crippen LogP contribution in [0, 0.1) is 12.3 Å². The van der Waals surface area contributed by atoms with Crippen molar-refractivity contribution in [3.05, 3.63) is 53.7 Å². The number of nitrogens with one attached hydrogen (secondary N) is 2. The zero-order valence-corrected chi connectivity index (χ0v) is 30.8. The lowest BCUT2D eigenvalue weighted by Gasteiger charge is -2.43. The van der Waals surface area contributed by atoms with Crippen LogP contribution in [0.25, 0.3) is 0 Å². The molecular weight excluding hydrogens is 637 g/mol. The number of amides is 1. The minimum atomic E-state index is -2.56. The van der Waals surface area contributed by atoms with Crippen molar-refractivity contribution in [2.24, 2.45) is 0 Å². The molecule has 3 aromatic rings. The van der Waals surface area contributed by atoms with Crippen LogP contribution in [0.15, 0.2) is 42.6 Å². The quantitative estimate of drug-likeness (QED) is 0.197. The Morgan fingerprint density at radius 3 is 2.35 bits per heavy atom. The third kappa shape index (κ3) is 8.86. The average molecular weight is 688 g/mol. The van der Waals surface area contributed by atoms with Gasteiger partial charge in [0, 0.05) is 62.4 Å². The smallest absolute Gasteiger partial charge is 0.410 e. The van der Waals surface area contributed by atoms with E-state index in [1.54, 1.807) is 26.6 Å². The first-order chi connectivity index (χ1) is 23.3. The fraction of sp³-hybridized carbons (Fsp3) is 0.486. The van der Waals surface area contributed by atoms with Crippen LogP contribution in [0.1, 0.15) is 51.7 Å². The molecule has 5 rings (SSSR count). The number of benzene rings is 2. The average Bonchev–Trinajstić information content (AvgIpc) is 3.07. The maximum atomic E-state index is 13.0. The summed E-state index contributed by atoms with van der Waals surface area (Å²) in [5, 5.41) is 7.37. The third-order valence-electron chi connectivity index (χ3n) is 9.00. The van der Waals surface area contributed by atoms with E-state index in [2.05, 4.69) is 50.4 Å². The Morgan fingerprint density at radius 1 is 1.04 bits per heavy atom. The summed E-state index contributed by atoms with van der Waals surface area (Å²) in [6.07, 6.45) is 10.1. The molecule has 2 N–H and O–H groups in total. The molecule has 49 heavy (non-hydrogen) atoms. The van der Waals surface area contributed by atoms with Crippen molar-refractivity contribution < 1.29 is 18.8 Å². The predicted molar refractivity (Wildman–Crippen MR) is 199 cm³/mol. The topological polar surface area (TPSA) is 112 Å². The fourth-order valence-corrected chi connectivity index (χ4v) is 7.62. The minimum Gasteiger partial charge on any atom is -0.494 e. The van der Waals surface area contributed by atoms with Gasteiger partial charge in [0.15, 0.2) is 5.82 Å². The third-order valence-corrected chi connectivity index (χ3v) is 10.5. The highest BCUT2D eigenvalue weighted by atomic mass is 31.2.